The molecule has 0 unspecified atom stereocenters. The van der Waals surface area contributed by atoms with E-state index >= 15 is 0 Å². The Morgan fingerprint density at radius 3 is 2.90 bits per heavy atom. The molecule has 0 aliphatic heterocycles. The normalized spacial score (nSPS) is 10.7. The number of rotatable bonds is 3. The maximum absolute atomic E-state index is 10.6. The molecule has 0 aromatic heterocycles. The van der Waals surface area contributed by atoms with Crippen LogP contribution < -0.4 is 0 Å². The highest BCUT2D eigenvalue weighted by Gasteiger charge is 2.05. The van der Waals surface area contributed by atoms with Crippen molar-refractivity contribution < 1.29 is 14.7 Å². The summed E-state index contributed by atoms with van der Waals surface area (Å²) in [6.07, 6.45) is 1.43. The van der Waals surface area contributed by atoms with Gasteiger partial charge in [-0.05, 0) is 6.92 Å². The summed E-state index contributed by atoms with van der Waals surface area (Å²) in [6.45, 7) is 4.82. The minimum absolute atomic E-state index is 0.0677. The maximum atomic E-state index is 10.6. The molecule has 0 aliphatic carbocycles. The van der Waals surface area contributed by atoms with Crippen LogP contribution in [-0.2, 0) is 9.53 Å². The van der Waals surface area contributed by atoms with Gasteiger partial charge in [-0.15, -0.1) is 0 Å². The van der Waals surface area contributed by atoms with Gasteiger partial charge in [-0.3, -0.25) is 0 Å². The zero-order valence-corrected chi connectivity index (χ0v) is 5.70. The van der Waals surface area contributed by atoms with Gasteiger partial charge in [0.05, 0.1) is 0 Å². The van der Waals surface area contributed by atoms with Gasteiger partial charge in [-0.1, -0.05) is 17.8 Å². The van der Waals surface area contributed by atoms with E-state index < -0.39 is 5.97 Å². The van der Waals surface area contributed by atoms with E-state index in [2.05, 4.69) is 16.5 Å². The number of nitrogens with zero attached hydrogens (tertiary/aromatic N) is 1. The molecule has 0 bridgehead atoms. The molecule has 0 spiro atoms. The third-order valence-corrected chi connectivity index (χ3v) is 0.778. The van der Waals surface area contributed by atoms with Crippen molar-refractivity contribution in [2.45, 2.75) is 6.92 Å². The van der Waals surface area contributed by atoms with Crippen LogP contribution in [0.1, 0.15) is 6.92 Å². The summed E-state index contributed by atoms with van der Waals surface area (Å²) >= 11 is 0. The molecule has 0 aliphatic rings. The van der Waals surface area contributed by atoms with Crippen LogP contribution in [-0.4, -0.2) is 23.5 Å². The Labute approximate surface area is 58.8 Å². The van der Waals surface area contributed by atoms with Gasteiger partial charge in [0, 0.05) is 0 Å². The van der Waals surface area contributed by atoms with E-state index in [9.17, 15) is 4.79 Å². The Hall–Kier alpha value is -1.32. The maximum Gasteiger partial charge on any atom is 0.356 e. The second-order valence-electron chi connectivity index (χ2n) is 1.57. The second-order valence-corrected chi connectivity index (χ2v) is 1.57. The Bertz CT molecular complexity index is 162. The average Bonchev–Trinajstić information content (AvgIpc) is 1.98. The molecule has 0 rings (SSSR count). The molecule has 1 N–H and O–H groups in total. The van der Waals surface area contributed by atoms with Crippen molar-refractivity contribution >= 4 is 11.7 Å². The molecule has 0 amide bonds. The minimum atomic E-state index is -0.637. The molecule has 10 heavy (non-hydrogen) atoms. The first-order valence-electron chi connectivity index (χ1n) is 2.69. The van der Waals surface area contributed by atoms with Gasteiger partial charge < -0.3 is 9.94 Å². The Balaban J connectivity index is 3.74. The summed E-state index contributed by atoms with van der Waals surface area (Å²) in [7, 11) is 0. The van der Waals surface area contributed by atoms with Gasteiger partial charge in [-0.2, -0.15) is 0 Å². The summed E-state index contributed by atoms with van der Waals surface area (Å²) in [5.74, 6) is -0.637. The van der Waals surface area contributed by atoms with Crippen LogP contribution in [0, 0.1) is 0 Å². The standard InChI is InChI=1S/C6H9NO3/c1-3-4-10-6(8)5(2)7-9/h3,9H,1,4H2,2H3/b7-5-. The molecular formula is C6H9NO3. The van der Waals surface area contributed by atoms with Crippen molar-refractivity contribution in [3.05, 3.63) is 12.7 Å². The van der Waals surface area contributed by atoms with Crippen LogP contribution in [0.3, 0.4) is 0 Å². The first-order chi connectivity index (χ1) is 4.72. The number of hydrogen-bond donors (Lipinski definition) is 1. The zero-order valence-electron chi connectivity index (χ0n) is 5.70. The number of carbonyl (C=O) groups is 1. The first-order valence-corrected chi connectivity index (χ1v) is 2.69. The molecule has 0 fully saturated rings. The number of ether oxygens (including phenoxy) is 1. The molecule has 0 radical (unpaired) electrons. The lowest BCUT2D eigenvalue weighted by molar-refractivity contribution is -0.134. The average molecular weight is 143 g/mol. The molecule has 0 aromatic carbocycles. The molecule has 0 saturated carbocycles. The fraction of sp³-hybridized carbons (Fsp3) is 0.333. The lowest BCUT2D eigenvalue weighted by Crippen LogP contribution is -2.13. The van der Waals surface area contributed by atoms with Gasteiger partial charge in [0.1, 0.15) is 6.61 Å². The highest BCUT2D eigenvalue weighted by atomic mass is 16.5. The predicted molar refractivity (Wildman–Crippen MR) is 36.1 cm³/mol. The summed E-state index contributed by atoms with van der Waals surface area (Å²) in [5, 5.41) is 10.7. The predicted octanol–water partition coefficient (Wildman–Crippen LogP) is 0.566. The van der Waals surface area contributed by atoms with Crippen LogP contribution in [0.15, 0.2) is 17.8 Å². The Morgan fingerprint density at radius 2 is 2.50 bits per heavy atom. The molecule has 0 heterocycles. The van der Waals surface area contributed by atoms with E-state index in [1.165, 1.54) is 13.0 Å². The number of carbonyl (C=O) groups excluding carboxylic acids is 1. The molecule has 4 nitrogen and oxygen atoms in total. The minimum Gasteiger partial charge on any atom is -0.457 e. The largest absolute Gasteiger partial charge is 0.457 e. The van der Waals surface area contributed by atoms with Crippen LogP contribution in [0.2, 0.25) is 0 Å². The monoisotopic (exact) mass is 143 g/mol. The number of oxime groups is 1. The van der Waals surface area contributed by atoms with E-state index in [0.29, 0.717) is 0 Å². The Morgan fingerprint density at radius 1 is 1.90 bits per heavy atom. The summed E-state index contributed by atoms with van der Waals surface area (Å²) in [6, 6.07) is 0. The van der Waals surface area contributed by atoms with Crippen molar-refractivity contribution in [2.24, 2.45) is 5.16 Å². The lowest BCUT2D eigenvalue weighted by Gasteiger charge is -1.97. The Kier molecular flexibility index (Phi) is 3.95. The van der Waals surface area contributed by atoms with Crippen molar-refractivity contribution in [3.8, 4) is 0 Å². The van der Waals surface area contributed by atoms with E-state index in [0.717, 1.165) is 0 Å². The highest BCUT2D eigenvalue weighted by Crippen LogP contribution is 1.82. The third kappa shape index (κ3) is 2.86. The molecule has 4 heteroatoms. The molecule has 56 valence electrons. The van der Waals surface area contributed by atoms with Crippen LogP contribution >= 0.6 is 0 Å². The lowest BCUT2D eigenvalue weighted by atomic mass is 10.4. The van der Waals surface area contributed by atoms with Crippen molar-refractivity contribution in [2.75, 3.05) is 6.61 Å². The van der Waals surface area contributed by atoms with Crippen LogP contribution in [0.5, 0.6) is 0 Å². The smallest absolute Gasteiger partial charge is 0.356 e. The number of esters is 1. The highest BCUT2D eigenvalue weighted by molar-refractivity contribution is 6.35. The summed E-state index contributed by atoms with van der Waals surface area (Å²) in [4.78, 5) is 10.6. The molecule has 0 atom stereocenters. The number of hydrogen-bond acceptors (Lipinski definition) is 4. The van der Waals surface area contributed by atoms with E-state index in [-0.39, 0.29) is 12.3 Å². The fourth-order valence-electron chi connectivity index (χ4n) is 0.280. The van der Waals surface area contributed by atoms with E-state index in [1.54, 1.807) is 0 Å². The van der Waals surface area contributed by atoms with Gasteiger partial charge in [-0.25, -0.2) is 4.79 Å². The van der Waals surface area contributed by atoms with Crippen molar-refractivity contribution in [3.63, 3.8) is 0 Å². The molecular weight excluding hydrogens is 134 g/mol. The van der Waals surface area contributed by atoms with Crippen LogP contribution in [0.25, 0.3) is 0 Å². The van der Waals surface area contributed by atoms with Gasteiger partial charge >= 0.3 is 5.97 Å². The van der Waals surface area contributed by atoms with E-state index in [4.69, 9.17) is 5.21 Å². The molecule has 0 aromatic rings. The fourth-order valence-corrected chi connectivity index (χ4v) is 0.280. The first kappa shape index (κ1) is 8.68. The quantitative estimate of drug-likeness (QED) is 0.206. The van der Waals surface area contributed by atoms with Crippen LogP contribution in [0.4, 0.5) is 0 Å². The second kappa shape index (κ2) is 4.55. The van der Waals surface area contributed by atoms with Gasteiger partial charge in [0.25, 0.3) is 0 Å². The van der Waals surface area contributed by atoms with E-state index in [1.807, 2.05) is 0 Å². The van der Waals surface area contributed by atoms with Crippen molar-refractivity contribution in [1.82, 2.24) is 0 Å². The third-order valence-electron chi connectivity index (χ3n) is 0.778. The van der Waals surface area contributed by atoms with Gasteiger partial charge in [0.15, 0.2) is 5.71 Å². The zero-order chi connectivity index (χ0) is 7.98. The molecule has 0 saturated heterocycles. The van der Waals surface area contributed by atoms with Crippen molar-refractivity contribution in [1.29, 1.82) is 0 Å². The summed E-state index contributed by atoms with van der Waals surface area (Å²) < 4.78 is 4.50. The van der Waals surface area contributed by atoms with Gasteiger partial charge in [0.2, 0.25) is 0 Å². The summed E-state index contributed by atoms with van der Waals surface area (Å²) in [5.41, 5.74) is -0.0677. The topological polar surface area (TPSA) is 58.9 Å². The SMILES string of the molecule is C=CCOC(=O)/C(C)=N\O.